The molecule has 0 saturated carbocycles. The summed E-state index contributed by atoms with van der Waals surface area (Å²) in [4.78, 5) is 3.68. The number of rotatable bonds is 5. The van der Waals surface area contributed by atoms with E-state index >= 15 is 0 Å². The molecule has 0 spiro atoms. The summed E-state index contributed by atoms with van der Waals surface area (Å²) in [5, 5.41) is 4.91. The maximum Gasteiger partial charge on any atom is 0.0606 e. The summed E-state index contributed by atoms with van der Waals surface area (Å²) < 4.78 is 2.45. The lowest BCUT2D eigenvalue weighted by molar-refractivity contribution is 0.748. The van der Waals surface area contributed by atoms with Crippen LogP contribution in [0.1, 0.15) is 18.4 Å². The van der Waals surface area contributed by atoms with Crippen molar-refractivity contribution in [3.8, 4) is 11.3 Å². The molecule has 4 aromatic rings. The number of nitrogens with one attached hydrogen (secondary N) is 1. The Labute approximate surface area is 153 Å². The summed E-state index contributed by atoms with van der Waals surface area (Å²) in [5.74, 6) is 0. The van der Waals surface area contributed by atoms with Crippen molar-refractivity contribution in [1.29, 1.82) is 0 Å². The van der Waals surface area contributed by atoms with Crippen LogP contribution >= 0.6 is 27.3 Å². The second kappa shape index (κ2) is 6.71. The predicted molar refractivity (Wildman–Crippen MR) is 109 cm³/mol. The largest absolute Gasteiger partial charge is 0.353 e. The Bertz CT molecular complexity index is 999. The average Bonchev–Trinajstić information content (AvgIpc) is 3.18. The Balaban J connectivity index is 1.93. The van der Waals surface area contributed by atoms with Crippen LogP contribution in [0.3, 0.4) is 0 Å². The van der Waals surface area contributed by atoms with Crippen molar-refractivity contribution < 1.29 is 0 Å². The van der Waals surface area contributed by atoms with Gasteiger partial charge in [-0.15, -0.1) is 11.3 Å². The molecule has 0 fully saturated rings. The molecule has 0 bridgehead atoms. The predicted octanol–water partition coefficient (Wildman–Crippen LogP) is 6.09. The topological polar surface area (TPSA) is 41.8 Å². The van der Waals surface area contributed by atoms with Gasteiger partial charge >= 0.3 is 0 Å². The number of para-hydroxylation sites is 1. The number of aryl methyl sites for hydroxylation is 1. The maximum absolute atomic E-state index is 5.70. The lowest BCUT2D eigenvalue weighted by Crippen LogP contribution is -1.99. The van der Waals surface area contributed by atoms with Gasteiger partial charge in [-0.2, -0.15) is 0 Å². The number of aromatic amines is 1. The van der Waals surface area contributed by atoms with Gasteiger partial charge in [-0.05, 0) is 59.4 Å². The number of halogens is 1. The third-order valence-electron chi connectivity index (χ3n) is 4.52. The van der Waals surface area contributed by atoms with Gasteiger partial charge in [0.2, 0.25) is 0 Å². The molecular weight excluding hydrogens is 380 g/mol. The van der Waals surface area contributed by atoms with Gasteiger partial charge < -0.3 is 10.7 Å². The summed E-state index contributed by atoms with van der Waals surface area (Å²) >= 11 is 5.50. The lowest BCUT2D eigenvalue weighted by Gasteiger charge is -2.04. The van der Waals surface area contributed by atoms with Gasteiger partial charge in [0.15, 0.2) is 0 Å². The van der Waals surface area contributed by atoms with E-state index in [4.69, 9.17) is 5.73 Å². The zero-order valence-corrected chi connectivity index (χ0v) is 15.7. The molecule has 0 atom stereocenters. The molecule has 0 saturated heterocycles. The summed E-state index contributed by atoms with van der Waals surface area (Å²) in [7, 11) is 0. The summed E-state index contributed by atoms with van der Waals surface area (Å²) in [6.07, 6.45) is 3.22. The number of fused-ring (bicyclic) bond motifs is 2. The van der Waals surface area contributed by atoms with Crippen LogP contribution in [0.25, 0.3) is 32.2 Å². The molecule has 2 heterocycles. The third kappa shape index (κ3) is 2.69. The molecule has 2 aromatic heterocycles. The van der Waals surface area contributed by atoms with Crippen molar-refractivity contribution in [2.45, 2.75) is 19.3 Å². The minimum Gasteiger partial charge on any atom is -0.353 e. The van der Waals surface area contributed by atoms with E-state index in [2.05, 4.69) is 68.8 Å². The Morgan fingerprint density at radius 3 is 2.71 bits per heavy atom. The molecule has 2 nitrogen and oxygen atoms in total. The first-order valence-corrected chi connectivity index (χ1v) is 9.92. The first-order chi connectivity index (χ1) is 11.8. The molecule has 24 heavy (non-hydrogen) atoms. The van der Waals surface area contributed by atoms with Gasteiger partial charge in [0, 0.05) is 30.9 Å². The van der Waals surface area contributed by atoms with Crippen LogP contribution in [0.15, 0.2) is 52.3 Å². The minimum atomic E-state index is 0.753. The molecule has 0 aliphatic rings. The van der Waals surface area contributed by atoms with Crippen molar-refractivity contribution in [3.05, 3.63) is 57.9 Å². The highest BCUT2D eigenvalue weighted by Crippen LogP contribution is 2.39. The monoisotopic (exact) mass is 398 g/mol. The number of nitrogens with two attached hydrogens (primary N) is 1. The number of thiophene rings is 1. The number of benzene rings is 2. The fourth-order valence-electron chi connectivity index (χ4n) is 3.34. The highest BCUT2D eigenvalue weighted by molar-refractivity contribution is 9.10. The van der Waals surface area contributed by atoms with Crippen LogP contribution in [0, 0.1) is 0 Å². The van der Waals surface area contributed by atoms with Crippen molar-refractivity contribution in [3.63, 3.8) is 0 Å². The number of unbranched alkanes of at least 4 members (excludes halogenated alkanes) is 1. The number of aromatic nitrogens is 1. The van der Waals surface area contributed by atoms with Crippen molar-refractivity contribution >= 4 is 48.3 Å². The van der Waals surface area contributed by atoms with Crippen molar-refractivity contribution in [2.75, 3.05) is 6.54 Å². The second-order valence-corrected chi connectivity index (χ2v) is 7.80. The first-order valence-electron chi connectivity index (χ1n) is 8.25. The standard InChI is InChI=1S/C20H19BrN2S/c21-17-9-5-8-15-14(7-3-4-11-22)19(23-20(15)17)16-12-24-18-10-2-1-6-13(16)18/h1-2,5-6,8-10,12,23H,3-4,7,11,22H2. The molecule has 122 valence electrons. The molecular formula is C20H19BrN2S. The Hall–Kier alpha value is -1.62. The van der Waals surface area contributed by atoms with Crippen LogP contribution in [0.4, 0.5) is 0 Å². The summed E-state index contributed by atoms with van der Waals surface area (Å²) in [5.41, 5.74) is 10.9. The van der Waals surface area contributed by atoms with Gasteiger partial charge in [-0.25, -0.2) is 0 Å². The minimum absolute atomic E-state index is 0.753. The van der Waals surface area contributed by atoms with Crippen LogP contribution in [-0.4, -0.2) is 11.5 Å². The number of H-pyrrole nitrogens is 1. The molecule has 3 N–H and O–H groups in total. The van der Waals surface area contributed by atoms with Crippen LogP contribution < -0.4 is 5.73 Å². The van der Waals surface area contributed by atoms with Crippen LogP contribution in [0.2, 0.25) is 0 Å². The van der Waals surface area contributed by atoms with E-state index < -0.39 is 0 Å². The van der Waals surface area contributed by atoms with Gasteiger partial charge in [-0.3, -0.25) is 0 Å². The van der Waals surface area contributed by atoms with Gasteiger partial charge in [-0.1, -0.05) is 30.3 Å². The zero-order valence-electron chi connectivity index (χ0n) is 13.3. The molecule has 0 aliphatic carbocycles. The Morgan fingerprint density at radius 1 is 1.00 bits per heavy atom. The van der Waals surface area contributed by atoms with Crippen LogP contribution in [0.5, 0.6) is 0 Å². The third-order valence-corrected chi connectivity index (χ3v) is 6.15. The van der Waals surface area contributed by atoms with E-state index in [1.165, 1.54) is 37.8 Å². The quantitative estimate of drug-likeness (QED) is 0.392. The normalized spacial score (nSPS) is 11.6. The lowest BCUT2D eigenvalue weighted by atomic mass is 10.00. The van der Waals surface area contributed by atoms with Gasteiger partial charge in [0.25, 0.3) is 0 Å². The van der Waals surface area contributed by atoms with E-state index in [9.17, 15) is 0 Å². The van der Waals surface area contributed by atoms with Gasteiger partial charge in [0.1, 0.15) is 0 Å². The summed E-state index contributed by atoms with van der Waals surface area (Å²) in [6, 6.07) is 15.0. The molecule has 0 amide bonds. The molecule has 0 aliphatic heterocycles. The summed E-state index contributed by atoms with van der Waals surface area (Å²) in [6.45, 7) is 0.753. The highest BCUT2D eigenvalue weighted by atomic mass is 79.9. The van der Waals surface area contributed by atoms with E-state index in [0.717, 1.165) is 30.3 Å². The van der Waals surface area contributed by atoms with Crippen molar-refractivity contribution in [1.82, 2.24) is 4.98 Å². The van der Waals surface area contributed by atoms with E-state index in [0.29, 0.717) is 0 Å². The fraction of sp³-hybridized carbons (Fsp3) is 0.200. The Morgan fingerprint density at radius 2 is 1.83 bits per heavy atom. The molecule has 4 rings (SSSR count). The average molecular weight is 399 g/mol. The second-order valence-electron chi connectivity index (χ2n) is 6.03. The smallest absolute Gasteiger partial charge is 0.0606 e. The first kappa shape index (κ1) is 15.9. The Kier molecular flexibility index (Phi) is 4.44. The maximum atomic E-state index is 5.70. The SMILES string of the molecule is NCCCCc1c(-c2csc3ccccc23)[nH]c2c(Br)cccc12. The van der Waals surface area contributed by atoms with Crippen molar-refractivity contribution in [2.24, 2.45) is 5.73 Å². The fourth-order valence-corrected chi connectivity index (χ4v) is 4.76. The highest BCUT2D eigenvalue weighted by Gasteiger charge is 2.17. The number of hydrogen-bond donors (Lipinski definition) is 2. The van der Waals surface area contributed by atoms with E-state index in [1.807, 2.05) is 11.3 Å². The van der Waals surface area contributed by atoms with E-state index in [-0.39, 0.29) is 0 Å². The number of hydrogen-bond acceptors (Lipinski definition) is 2. The molecule has 4 heteroatoms. The molecule has 0 unspecified atom stereocenters. The zero-order chi connectivity index (χ0) is 16.5. The van der Waals surface area contributed by atoms with Crippen LogP contribution in [-0.2, 0) is 6.42 Å². The molecule has 2 aromatic carbocycles. The molecule has 0 radical (unpaired) electrons. The van der Waals surface area contributed by atoms with Gasteiger partial charge in [0.05, 0.1) is 11.2 Å². The van der Waals surface area contributed by atoms with E-state index in [1.54, 1.807) is 0 Å².